The number of anilines is 3. The summed E-state index contributed by atoms with van der Waals surface area (Å²) in [7, 11) is 0.558. The van der Waals surface area contributed by atoms with Gasteiger partial charge in [-0.15, -0.1) is 0 Å². The van der Waals surface area contributed by atoms with Crippen molar-refractivity contribution in [2.75, 3.05) is 23.2 Å². The Bertz CT molecular complexity index is 824. The molecule has 0 amide bonds. The minimum atomic E-state index is 0.258. The minimum absolute atomic E-state index is 0.258. The van der Waals surface area contributed by atoms with Crippen LogP contribution in [0.1, 0.15) is 0 Å². The number of nitrogens with two attached hydrogens (primary N) is 2. The molecule has 7 heteroatoms. The molecular weight excluding hydrogens is 297 g/mol. The molecule has 22 heavy (non-hydrogen) atoms. The SMILES string of the molecule is CPNc1cc(Oc2ccnc(N)c2N)cc2cccnc12. The van der Waals surface area contributed by atoms with Crippen molar-refractivity contribution in [3.63, 3.8) is 0 Å². The molecule has 112 valence electrons. The van der Waals surface area contributed by atoms with Crippen LogP contribution >= 0.6 is 8.73 Å². The van der Waals surface area contributed by atoms with E-state index in [2.05, 4.69) is 21.7 Å². The Hall–Kier alpha value is -2.59. The molecule has 2 aromatic heterocycles. The number of benzene rings is 1. The van der Waals surface area contributed by atoms with Crippen LogP contribution in [0.4, 0.5) is 17.2 Å². The Morgan fingerprint density at radius 2 is 2.00 bits per heavy atom. The number of nitrogen functional groups attached to an aromatic ring is 2. The fourth-order valence-corrected chi connectivity index (χ4v) is 2.60. The van der Waals surface area contributed by atoms with Gasteiger partial charge in [0.05, 0.1) is 11.2 Å². The molecule has 0 saturated heterocycles. The van der Waals surface area contributed by atoms with Gasteiger partial charge in [-0.2, -0.15) is 0 Å². The van der Waals surface area contributed by atoms with E-state index in [9.17, 15) is 0 Å². The molecule has 0 aliphatic carbocycles. The molecule has 1 unspecified atom stereocenters. The number of nitrogens with one attached hydrogen (secondary N) is 1. The van der Waals surface area contributed by atoms with E-state index in [-0.39, 0.29) is 5.82 Å². The first-order valence-electron chi connectivity index (χ1n) is 6.68. The van der Waals surface area contributed by atoms with E-state index in [4.69, 9.17) is 16.2 Å². The Morgan fingerprint density at radius 1 is 1.14 bits per heavy atom. The highest BCUT2D eigenvalue weighted by Gasteiger charge is 2.09. The summed E-state index contributed by atoms with van der Waals surface area (Å²) in [6.45, 7) is 2.06. The predicted molar refractivity (Wildman–Crippen MR) is 92.7 cm³/mol. The Morgan fingerprint density at radius 3 is 2.82 bits per heavy atom. The van der Waals surface area contributed by atoms with Crippen LogP contribution in [0.5, 0.6) is 11.5 Å². The summed E-state index contributed by atoms with van der Waals surface area (Å²) in [5.74, 6) is 1.41. The maximum atomic E-state index is 5.90. The third-order valence-corrected chi connectivity index (χ3v) is 3.67. The molecule has 0 fully saturated rings. The van der Waals surface area contributed by atoms with Crippen LogP contribution in [0, 0.1) is 0 Å². The fraction of sp³-hybridized carbons (Fsp3) is 0.0667. The summed E-state index contributed by atoms with van der Waals surface area (Å²) in [5, 5.41) is 4.31. The first-order chi connectivity index (χ1) is 10.7. The van der Waals surface area contributed by atoms with Crippen LogP contribution in [0.3, 0.4) is 0 Å². The van der Waals surface area contributed by atoms with Crippen LogP contribution in [-0.2, 0) is 0 Å². The monoisotopic (exact) mass is 313 g/mol. The van der Waals surface area contributed by atoms with E-state index in [1.54, 1.807) is 18.5 Å². The summed E-state index contributed by atoms with van der Waals surface area (Å²) in [4.78, 5) is 8.34. The van der Waals surface area contributed by atoms with Crippen molar-refractivity contribution in [3.8, 4) is 11.5 Å². The van der Waals surface area contributed by atoms with Gasteiger partial charge < -0.3 is 21.3 Å². The fourth-order valence-electron chi connectivity index (χ4n) is 2.14. The normalized spacial score (nSPS) is 11.1. The van der Waals surface area contributed by atoms with Crippen molar-refractivity contribution in [2.24, 2.45) is 0 Å². The predicted octanol–water partition coefficient (Wildman–Crippen LogP) is 3.22. The van der Waals surface area contributed by atoms with E-state index < -0.39 is 0 Å². The number of pyridine rings is 2. The molecule has 3 aromatic rings. The summed E-state index contributed by atoms with van der Waals surface area (Å²) in [5.41, 5.74) is 13.8. The summed E-state index contributed by atoms with van der Waals surface area (Å²) in [6, 6.07) is 9.39. The maximum absolute atomic E-state index is 5.90. The van der Waals surface area contributed by atoms with Crippen molar-refractivity contribution >= 4 is 36.8 Å². The zero-order valence-corrected chi connectivity index (χ0v) is 13.0. The van der Waals surface area contributed by atoms with Gasteiger partial charge in [-0.3, -0.25) is 4.98 Å². The molecule has 1 aromatic carbocycles. The molecule has 3 rings (SSSR count). The Kier molecular flexibility index (Phi) is 3.94. The van der Waals surface area contributed by atoms with Crippen LogP contribution in [0.15, 0.2) is 42.7 Å². The van der Waals surface area contributed by atoms with E-state index >= 15 is 0 Å². The van der Waals surface area contributed by atoms with E-state index in [0.29, 0.717) is 25.9 Å². The van der Waals surface area contributed by atoms with E-state index in [1.807, 2.05) is 24.3 Å². The van der Waals surface area contributed by atoms with E-state index in [0.717, 1.165) is 16.6 Å². The lowest BCUT2D eigenvalue weighted by atomic mass is 10.2. The average molecular weight is 313 g/mol. The largest absolute Gasteiger partial charge is 0.455 e. The standard InChI is InChI=1S/C15H16N5OP/c1-22-20-11-8-10(7-9-3-2-5-18-14(9)11)21-12-4-6-19-15(17)13(12)16/h2-8,20,22H,16H2,1H3,(H2,17,19). The highest BCUT2D eigenvalue weighted by molar-refractivity contribution is 7.38. The first-order valence-corrected chi connectivity index (χ1v) is 8.18. The van der Waals surface area contributed by atoms with Crippen molar-refractivity contribution in [1.29, 1.82) is 0 Å². The number of nitrogens with zero attached hydrogens (tertiary/aromatic N) is 2. The average Bonchev–Trinajstić information content (AvgIpc) is 2.52. The quantitative estimate of drug-likeness (QED) is 0.640. The van der Waals surface area contributed by atoms with Gasteiger partial charge in [0.25, 0.3) is 0 Å². The maximum Gasteiger partial charge on any atom is 0.155 e. The van der Waals surface area contributed by atoms with Gasteiger partial charge in [0.1, 0.15) is 17.3 Å². The van der Waals surface area contributed by atoms with Crippen molar-refractivity contribution in [1.82, 2.24) is 9.97 Å². The van der Waals surface area contributed by atoms with Gasteiger partial charge in [-0.05, 0) is 27.5 Å². The third kappa shape index (κ3) is 2.73. The lowest BCUT2D eigenvalue weighted by Crippen LogP contribution is -2.00. The topological polar surface area (TPSA) is 99.1 Å². The third-order valence-electron chi connectivity index (χ3n) is 3.15. The molecule has 0 aliphatic rings. The summed E-state index contributed by atoms with van der Waals surface area (Å²) in [6.07, 6.45) is 3.34. The van der Waals surface area contributed by atoms with Crippen molar-refractivity contribution < 1.29 is 4.74 Å². The second kappa shape index (κ2) is 6.03. The summed E-state index contributed by atoms with van der Waals surface area (Å²) < 4.78 is 5.88. The molecule has 0 aliphatic heterocycles. The van der Waals surface area contributed by atoms with Crippen LogP contribution in [-0.4, -0.2) is 16.6 Å². The molecule has 0 bridgehead atoms. The van der Waals surface area contributed by atoms with Gasteiger partial charge in [0.2, 0.25) is 0 Å². The van der Waals surface area contributed by atoms with Crippen molar-refractivity contribution in [2.45, 2.75) is 0 Å². The lowest BCUT2D eigenvalue weighted by molar-refractivity contribution is 0.486. The lowest BCUT2D eigenvalue weighted by Gasteiger charge is -2.13. The second-order valence-electron chi connectivity index (χ2n) is 4.63. The zero-order chi connectivity index (χ0) is 15.5. The molecule has 1 atom stereocenters. The summed E-state index contributed by atoms with van der Waals surface area (Å²) >= 11 is 0. The molecule has 6 nitrogen and oxygen atoms in total. The van der Waals surface area contributed by atoms with Gasteiger partial charge >= 0.3 is 0 Å². The Balaban J connectivity index is 2.05. The molecule has 0 radical (unpaired) electrons. The van der Waals surface area contributed by atoms with Gasteiger partial charge in [0.15, 0.2) is 5.75 Å². The van der Waals surface area contributed by atoms with E-state index in [1.165, 1.54) is 0 Å². The number of fused-ring (bicyclic) bond motifs is 1. The first kappa shape index (κ1) is 14.4. The molecule has 2 heterocycles. The number of rotatable bonds is 4. The Labute approximate surface area is 129 Å². The van der Waals surface area contributed by atoms with Gasteiger partial charge in [-0.25, -0.2) is 4.98 Å². The molecular formula is C15H16N5OP. The highest BCUT2D eigenvalue weighted by Crippen LogP contribution is 2.35. The second-order valence-corrected chi connectivity index (χ2v) is 5.38. The van der Waals surface area contributed by atoms with Crippen molar-refractivity contribution in [3.05, 3.63) is 42.7 Å². The minimum Gasteiger partial charge on any atom is -0.455 e. The molecule has 0 saturated carbocycles. The molecule has 0 spiro atoms. The number of ether oxygens (including phenoxy) is 1. The number of hydrogen-bond donors (Lipinski definition) is 3. The van der Waals surface area contributed by atoms with Crippen LogP contribution < -0.4 is 21.3 Å². The van der Waals surface area contributed by atoms with Gasteiger partial charge in [0, 0.05) is 29.9 Å². The smallest absolute Gasteiger partial charge is 0.155 e. The zero-order valence-electron chi connectivity index (χ0n) is 12.0. The van der Waals surface area contributed by atoms with Gasteiger partial charge in [-0.1, -0.05) is 6.07 Å². The van der Waals surface area contributed by atoms with Crippen LogP contribution in [0.25, 0.3) is 10.9 Å². The number of aromatic nitrogens is 2. The molecule has 5 N–H and O–H groups in total. The highest BCUT2D eigenvalue weighted by atomic mass is 31.1. The number of hydrogen-bond acceptors (Lipinski definition) is 6. The van der Waals surface area contributed by atoms with Crippen LogP contribution in [0.2, 0.25) is 0 Å².